The van der Waals surface area contributed by atoms with E-state index >= 15 is 0 Å². The lowest BCUT2D eigenvalue weighted by atomic mass is 10.0. The van der Waals surface area contributed by atoms with Crippen LogP contribution in [0.4, 0.5) is 4.39 Å². The van der Waals surface area contributed by atoms with Gasteiger partial charge in [0.25, 0.3) is 0 Å². The van der Waals surface area contributed by atoms with Gasteiger partial charge < -0.3 is 4.98 Å². The quantitative estimate of drug-likeness (QED) is 0.287. The Balaban J connectivity index is 1.44. The fourth-order valence-corrected chi connectivity index (χ4v) is 4.96. The van der Waals surface area contributed by atoms with Crippen LogP contribution in [0.1, 0.15) is 11.1 Å². The molecule has 3 N–H and O–H groups in total. The Labute approximate surface area is 217 Å². The van der Waals surface area contributed by atoms with Crippen molar-refractivity contribution in [2.75, 3.05) is 6.26 Å². The Hall–Kier alpha value is -4.48. The Kier molecular flexibility index (Phi) is 5.73. The van der Waals surface area contributed by atoms with Gasteiger partial charge in [0.15, 0.2) is 0 Å². The molecule has 0 saturated carbocycles. The van der Waals surface area contributed by atoms with Gasteiger partial charge in [0.2, 0.25) is 10.0 Å². The van der Waals surface area contributed by atoms with Gasteiger partial charge in [0.05, 0.1) is 29.4 Å². The molecule has 0 aliphatic heterocycles. The molecule has 6 aromatic rings. The third kappa shape index (κ3) is 4.53. The minimum Gasteiger partial charge on any atom is -0.338 e. The molecular weight excluding hydrogens is 505 g/mol. The zero-order valence-electron chi connectivity index (χ0n) is 20.4. The van der Waals surface area contributed by atoms with Crippen LogP contribution in [-0.4, -0.2) is 44.8 Å². The lowest BCUT2D eigenvalue weighted by molar-refractivity contribution is 0.586. The van der Waals surface area contributed by atoms with Crippen LogP contribution in [0.15, 0.2) is 67.3 Å². The number of nitrogens with one attached hydrogen (secondary N) is 3. The summed E-state index contributed by atoms with van der Waals surface area (Å²) < 4.78 is 40.0. The molecule has 6 rings (SSSR count). The van der Waals surface area contributed by atoms with Gasteiger partial charge in [-0.2, -0.15) is 5.10 Å². The maximum Gasteiger partial charge on any atom is 0.209 e. The third-order valence-electron chi connectivity index (χ3n) is 6.36. The van der Waals surface area contributed by atoms with Crippen LogP contribution in [-0.2, 0) is 16.6 Å². The average molecular weight is 528 g/mol. The summed E-state index contributed by atoms with van der Waals surface area (Å²) in [6, 6.07) is 12.2. The highest BCUT2D eigenvalue weighted by Gasteiger charge is 2.16. The number of pyridine rings is 3. The number of rotatable bonds is 6. The van der Waals surface area contributed by atoms with Crippen LogP contribution in [0, 0.1) is 12.7 Å². The number of aromatic amines is 2. The maximum atomic E-state index is 14.5. The summed E-state index contributed by atoms with van der Waals surface area (Å²) in [7, 11) is -3.42. The van der Waals surface area contributed by atoms with E-state index in [9.17, 15) is 12.8 Å². The molecular formula is C27H22FN7O2S. The standard InChI is InChI=1S/C27H22FN7O2S/c1-15-3-5-29-13-22(15)23-11-21-25(14-31-23)34-35-26(21)24-10-20-19(4-6-30-27(20)33-24)17-7-16(8-18(28)9-17)12-32-38(2,36)37/h3-11,13-14,32H,12H2,1-2H3,(H,30,33)(H,34,35). The first-order valence-corrected chi connectivity index (χ1v) is 13.6. The first-order chi connectivity index (χ1) is 18.2. The monoisotopic (exact) mass is 527 g/mol. The van der Waals surface area contributed by atoms with E-state index in [2.05, 4.69) is 34.9 Å². The van der Waals surface area contributed by atoms with Gasteiger partial charge in [-0.15, -0.1) is 0 Å². The fourth-order valence-electron chi connectivity index (χ4n) is 4.53. The molecule has 5 aromatic heterocycles. The molecule has 9 nitrogen and oxygen atoms in total. The first-order valence-electron chi connectivity index (χ1n) is 11.7. The molecule has 0 saturated heterocycles. The summed E-state index contributed by atoms with van der Waals surface area (Å²) in [4.78, 5) is 16.6. The van der Waals surface area contributed by atoms with E-state index in [0.29, 0.717) is 22.5 Å². The number of sulfonamides is 1. The molecule has 0 amide bonds. The summed E-state index contributed by atoms with van der Waals surface area (Å²) in [6.45, 7) is 2.00. The number of hydrogen-bond donors (Lipinski definition) is 3. The number of aromatic nitrogens is 6. The molecule has 190 valence electrons. The Morgan fingerprint density at radius 1 is 0.974 bits per heavy atom. The predicted octanol–water partition coefficient (Wildman–Crippen LogP) is 4.73. The molecule has 5 heterocycles. The Bertz CT molecular complexity index is 1950. The second-order valence-corrected chi connectivity index (χ2v) is 11.0. The molecule has 11 heteroatoms. The minimum absolute atomic E-state index is 0.0117. The van der Waals surface area contributed by atoms with Crippen molar-refractivity contribution in [3.05, 3.63) is 84.2 Å². The van der Waals surface area contributed by atoms with Crippen LogP contribution in [0.2, 0.25) is 0 Å². The summed E-state index contributed by atoms with van der Waals surface area (Å²) in [5.74, 6) is -0.461. The molecule has 1 aromatic carbocycles. The molecule has 0 radical (unpaired) electrons. The van der Waals surface area contributed by atoms with E-state index in [1.807, 2.05) is 25.1 Å². The Morgan fingerprint density at radius 2 is 1.84 bits per heavy atom. The predicted molar refractivity (Wildman–Crippen MR) is 144 cm³/mol. The van der Waals surface area contributed by atoms with Crippen molar-refractivity contribution >= 4 is 32.0 Å². The van der Waals surface area contributed by atoms with Gasteiger partial charge in [-0.1, -0.05) is 0 Å². The van der Waals surface area contributed by atoms with E-state index < -0.39 is 15.8 Å². The maximum absolute atomic E-state index is 14.5. The van der Waals surface area contributed by atoms with Gasteiger partial charge in [-0.25, -0.2) is 22.5 Å². The number of nitrogens with zero attached hydrogens (tertiary/aromatic N) is 4. The van der Waals surface area contributed by atoms with E-state index in [1.54, 1.807) is 36.9 Å². The largest absolute Gasteiger partial charge is 0.338 e. The van der Waals surface area contributed by atoms with Gasteiger partial charge >= 0.3 is 0 Å². The van der Waals surface area contributed by atoms with Crippen LogP contribution in [0.25, 0.3) is 55.7 Å². The number of benzene rings is 1. The van der Waals surface area contributed by atoms with E-state index in [0.717, 1.165) is 50.6 Å². The summed E-state index contributed by atoms with van der Waals surface area (Å²) >= 11 is 0. The van der Waals surface area contributed by atoms with Crippen molar-refractivity contribution in [1.82, 2.24) is 34.9 Å². The minimum atomic E-state index is -3.42. The van der Waals surface area contributed by atoms with Crippen molar-refractivity contribution in [2.45, 2.75) is 13.5 Å². The van der Waals surface area contributed by atoms with Gasteiger partial charge in [-0.3, -0.25) is 15.1 Å². The van der Waals surface area contributed by atoms with Gasteiger partial charge in [0.1, 0.15) is 17.2 Å². The van der Waals surface area contributed by atoms with Gasteiger partial charge in [-0.05, 0) is 71.6 Å². The number of fused-ring (bicyclic) bond motifs is 2. The van der Waals surface area contributed by atoms with Crippen LogP contribution < -0.4 is 4.72 Å². The van der Waals surface area contributed by atoms with Crippen LogP contribution in [0.3, 0.4) is 0 Å². The molecule has 38 heavy (non-hydrogen) atoms. The molecule has 0 aliphatic carbocycles. The average Bonchev–Trinajstić information content (AvgIpc) is 3.50. The van der Waals surface area contributed by atoms with E-state index in [-0.39, 0.29) is 6.54 Å². The highest BCUT2D eigenvalue weighted by atomic mass is 32.2. The smallest absolute Gasteiger partial charge is 0.209 e. The SMILES string of the molecule is Cc1ccncc1-c1cc2c(-c3cc4c(-c5cc(F)cc(CNS(C)(=O)=O)c5)ccnc4[nH]3)n[nH]c2cn1. The molecule has 0 unspecified atom stereocenters. The summed E-state index contributed by atoms with van der Waals surface area (Å²) in [5.41, 5.74) is 7.51. The molecule has 0 fully saturated rings. The van der Waals surface area contributed by atoms with Crippen molar-refractivity contribution < 1.29 is 12.8 Å². The van der Waals surface area contributed by atoms with E-state index in [4.69, 9.17) is 0 Å². The van der Waals surface area contributed by atoms with Crippen LogP contribution >= 0.6 is 0 Å². The lowest BCUT2D eigenvalue weighted by Crippen LogP contribution is -2.21. The zero-order valence-corrected chi connectivity index (χ0v) is 21.3. The Morgan fingerprint density at radius 3 is 2.66 bits per heavy atom. The third-order valence-corrected chi connectivity index (χ3v) is 7.03. The van der Waals surface area contributed by atoms with Crippen molar-refractivity contribution in [3.63, 3.8) is 0 Å². The zero-order chi connectivity index (χ0) is 26.4. The van der Waals surface area contributed by atoms with Crippen molar-refractivity contribution in [1.29, 1.82) is 0 Å². The van der Waals surface area contributed by atoms with Crippen LogP contribution in [0.5, 0.6) is 0 Å². The first kappa shape index (κ1) is 23.9. The molecule has 0 spiro atoms. The second-order valence-electron chi connectivity index (χ2n) is 9.12. The van der Waals surface area contributed by atoms with Crippen molar-refractivity contribution in [3.8, 4) is 33.8 Å². The second kappa shape index (κ2) is 9.12. The topological polar surface area (TPSA) is 129 Å². The van der Waals surface area contributed by atoms with Gasteiger partial charge in [0, 0.05) is 41.5 Å². The number of aryl methyl sites for hydroxylation is 1. The normalized spacial score (nSPS) is 12.0. The molecule has 0 aliphatic rings. The highest BCUT2D eigenvalue weighted by Crippen LogP contribution is 2.34. The molecule has 0 bridgehead atoms. The summed E-state index contributed by atoms with van der Waals surface area (Å²) in [5, 5.41) is 9.23. The van der Waals surface area contributed by atoms with Crippen molar-refractivity contribution in [2.24, 2.45) is 0 Å². The number of hydrogen-bond acceptors (Lipinski definition) is 6. The number of H-pyrrole nitrogens is 2. The fraction of sp³-hybridized carbons (Fsp3) is 0.111. The highest BCUT2D eigenvalue weighted by molar-refractivity contribution is 7.88. The number of halogens is 1. The lowest BCUT2D eigenvalue weighted by Gasteiger charge is -2.08. The van der Waals surface area contributed by atoms with E-state index in [1.165, 1.54) is 12.1 Å². The summed E-state index contributed by atoms with van der Waals surface area (Å²) in [6.07, 6.45) is 8.00. The molecule has 0 atom stereocenters.